The first-order valence-corrected chi connectivity index (χ1v) is 12.7. The maximum atomic E-state index is 13.8. The first kappa shape index (κ1) is 26.8. The van der Waals surface area contributed by atoms with E-state index in [9.17, 15) is 14.1 Å². The zero-order valence-electron chi connectivity index (χ0n) is 21.0. The second kappa shape index (κ2) is 11.8. The van der Waals surface area contributed by atoms with Gasteiger partial charge in [-0.05, 0) is 75.6 Å². The number of carbonyl (C=O) groups is 2. The fourth-order valence-corrected chi connectivity index (χ4v) is 5.28. The maximum Gasteiger partial charge on any atom is 0.410 e. The van der Waals surface area contributed by atoms with Gasteiger partial charge in [-0.1, -0.05) is 12.1 Å². The minimum atomic E-state index is -1.51. The van der Waals surface area contributed by atoms with Gasteiger partial charge in [0.1, 0.15) is 11.4 Å². The van der Waals surface area contributed by atoms with Crippen LogP contribution >= 0.6 is 0 Å². The number of hydrogen-bond acceptors (Lipinski definition) is 7. The molecular formula is C26H34N2O6S. The van der Waals surface area contributed by atoms with E-state index in [2.05, 4.69) is 0 Å². The number of methoxy groups -OCH3 is 2. The van der Waals surface area contributed by atoms with Crippen molar-refractivity contribution in [3.63, 3.8) is 0 Å². The third-order valence-electron chi connectivity index (χ3n) is 5.62. The number of rotatable bonds is 7. The molecular weight excluding hydrogens is 468 g/mol. The van der Waals surface area contributed by atoms with E-state index in [0.717, 1.165) is 18.4 Å². The van der Waals surface area contributed by atoms with Gasteiger partial charge in [0.25, 0.3) is 0 Å². The van der Waals surface area contributed by atoms with Crippen molar-refractivity contribution in [3.05, 3.63) is 59.7 Å². The van der Waals surface area contributed by atoms with Gasteiger partial charge in [-0.15, -0.1) is 4.31 Å². The van der Waals surface area contributed by atoms with Gasteiger partial charge < -0.3 is 23.7 Å². The predicted molar refractivity (Wildman–Crippen MR) is 134 cm³/mol. The van der Waals surface area contributed by atoms with Crippen molar-refractivity contribution in [3.8, 4) is 5.75 Å². The number of ether oxygens (including phenoxy) is 3. The van der Waals surface area contributed by atoms with Crippen LogP contribution in [0.2, 0.25) is 0 Å². The Balaban J connectivity index is 1.88. The summed E-state index contributed by atoms with van der Waals surface area (Å²) in [6.07, 6.45) is 1.17. The molecule has 1 aliphatic rings. The molecule has 0 aromatic heterocycles. The molecule has 0 aliphatic carbocycles. The third-order valence-corrected chi connectivity index (χ3v) is 7.14. The van der Waals surface area contributed by atoms with Crippen molar-refractivity contribution in [2.45, 2.75) is 56.7 Å². The molecule has 0 radical (unpaired) electrons. The SMILES string of the molecule is COC(=O)c1cccc(CN(C2CCCN(C(=O)OC(C)(C)C)C2)[S+]([O-])c2ccc(OC)cc2)c1. The highest BCUT2D eigenvalue weighted by Gasteiger charge is 2.36. The van der Waals surface area contributed by atoms with Gasteiger partial charge in [0.15, 0.2) is 4.90 Å². The van der Waals surface area contributed by atoms with Crippen molar-refractivity contribution in [1.82, 2.24) is 9.21 Å². The fourth-order valence-electron chi connectivity index (χ4n) is 3.93. The van der Waals surface area contributed by atoms with Crippen LogP contribution in [0, 0.1) is 0 Å². The number of carbonyl (C=O) groups excluding carboxylic acids is 2. The van der Waals surface area contributed by atoms with Gasteiger partial charge >= 0.3 is 12.1 Å². The summed E-state index contributed by atoms with van der Waals surface area (Å²) >= 11 is -1.51. The van der Waals surface area contributed by atoms with E-state index in [1.807, 2.05) is 31.1 Å². The minimum Gasteiger partial charge on any atom is -0.593 e. The Morgan fingerprint density at radius 2 is 1.86 bits per heavy atom. The molecule has 0 saturated carbocycles. The molecule has 1 aliphatic heterocycles. The predicted octanol–water partition coefficient (Wildman–Crippen LogP) is 4.41. The molecule has 8 nitrogen and oxygen atoms in total. The topological polar surface area (TPSA) is 91.4 Å². The van der Waals surface area contributed by atoms with Crippen molar-refractivity contribution in [2.24, 2.45) is 0 Å². The largest absolute Gasteiger partial charge is 0.593 e. The zero-order chi connectivity index (χ0) is 25.6. The number of likely N-dealkylation sites (tertiary alicyclic amines) is 1. The number of esters is 1. The van der Waals surface area contributed by atoms with Crippen molar-refractivity contribution in [2.75, 3.05) is 27.3 Å². The lowest BCUT2D eigenvalue weighted by Crippen LogP contribution is -2.52. The Hall–Kier alpha value is -2.75. The van der Waals surface area contributed by atoms with Crippen LogP contribution in [-0.2, 0) is 27.4 Å². The molecule has 35 heavy (non-hydrogen) atoms. The van der Waals surface area contributed by atoms with Crippen molar-refractivity contribution in [1.29, 1.82) is 0 Å². The lowest BCUT2D eigenvalue weighted by Gasteiger charge is -2.38. The number of piperidine rings is 1. The van der Waals surface area contributed by atoms with E-state index in [4.69, 9.17) is 14.2 Å². The Kier molecular flexibility index (Phi) is 9.04. The van der Waals surface area contributed by atoms with E-state index >= 15 is 0 Å². The Morgan fingerprint density at radius 3 is 2.49 bits per heavy atom. The van der Waals surface area contributed by atoms with E-state index in [1.165, 1.54) is 7.11 Å². The van der Waals surface area contributed by atoms with E-state index in [1.54, 1.807) is 54.5 Å². The minimum absolute atomic E-state index is 0.166. The summed E-state index contributed by atoms with van der Waals surface area (Å²) in [6.45, 7) is 6.83. The molecule has 190 valence electrons. The molecule has 1 amide bonds. The van der Waals surface area contributed by atoms with Crippen LogP contribution < -0.4 is 4.74 Å². The van der Waals surface area contributed by atoms with Gasteiger partial charge in [-0.2, -0.15) is 0 Å². The van der Waals surface area contributed by atoms with Gasteiger partial charge in [-0.25, -0.2) is 9.59 Å². The molecule has 1 saturated heterocycles. The standard InChI is InChI=1S/C26H34N2O6S/c1-26(2,3)34-25(30)27-15-7-10-21(18-27)28(35(31)23-13-11-22(32-4)12-14-23)17-19-8-6-9-20(16-19)24(29)33-5/h6,8-9,11-14,16,21H,7,10,15,17-18H2,1-5H3. The summed E-state index contributed by atoms with van der Waals surface area (Å²) in [6, 6.07) is 14.0. The summed E-state index contributed by atoms with van der Waals surface area (Å²) in [5.41, 5.74) is 0.660. The monoisotopic (exact) mass is 502 g/mol. The fraction of sp³-hybridized carbons (Fsp3) is 0.462. The number of benzene rings is 2. The Bertz CT molecular complexity index is 1010. The van der Waals surface area contributed by atoms with E-state index in [-0.39, 0.29) is 12.1 Å². The van der Waals surface area contributed by atoms with Gasteiger partial charge in [-0.3, -0.25) is 0 Å². The molecule has 2 aromatic rings. The summed E-state index contributed by atoms with van der Waals surface area (Å²) in [5, 5.41) is 0. The Labute approximate surface area is 210 Å². The van der Waals surface area contributed by atoms with Gasteiger partial charge in [0, 0.05) is 13.1 Å². The summed E-state index contributed by atoms with van der Waals surface area (Å²) in [5.74, 6) is 0.250. The number of amides is 1. The highest BCUT2D eigenvalue weighted by atomic mass is 32.2. The first-order chi connectivity index (χ1) is 16.6. The highest BCUT2D eigenvalue weighted by Crippen LogP contribution is 2.28. The molecule has 1 heterocycles. The van der Waals surface area contributed by atoms with Crippen LogP contribution in [0.1, 0.15) is 49.5 Å². The molecule has 1 fully saturated rings. The van der Waals surface area contributed by atoms with Crippen LogP contribution in [0.25, 0.3) is 0 Å². The smallest absolute Gasteiger partial charge is 0.410 e. The van der Waals surface area contributed by atoms with E-state index in [0.29, 0.717) is 35.8 Å². The summed E-state index contributed by atoms with van der Waals surface area (Å²) in [4.78, 5) is 27.1. The normalized spacial score (nSPS) is 17.1. The lowest BCUT2D eigenvalue weighted by molar-refractivity contribution is 0.0152. The summed E-state index contributed by atoms with van der Waals surface area (Å²) in [7, 11) is 2.92. The van der Waals surface area contributed by atoms with Crippen LogP contribution in [-0.4, -0.2) is 64.8 Å². The average Bonchev–Trinajstić information content (AvgIpc) is 2.85. The molecule has 2 unspecified atom stereocenters. The molecule has 9 heteroatoms. The second-order valence-electron chi connectivity index (χ2n) is 9.41. The molecule has 2 atom stereocenters. The van der Waals surface area contributed by atoms with Crippen LogP contribution in [0.4, 0.5) is 4.79 Å². The lowest BCUT2D eigenvalue weighted by atomic mass is 10.0. The molecule has 3 rings (SSSR count). The molecule has 2 aromatic carbocycles. The van der Waals surface area contributed by atoms with Gasteiger partial charge in [0.2, 0.25) is 0 Å². The van der Waals surface area contributed by atoms with Crippen LogP contribution in [0.15, 0.2) is 53.4 Å². The van der Waals surface area contributed by atoms with E-state index < -0.39 is 22.9 Å². The zero-order valence-corrected chi connectivity index (χ0v) is 21.8. The summed E-state index contributed by atoms with van der Waals surface area (Å²) < 4.78 is 31.3. The number of nitrogens with zero attached hydrogens (tertiary/aromatic N) is 2. The first-order valence-electron chi connectivity index (χ1n) is 11.6. The quantitative estimate of drug-likeness (QED) is 0.409. The average molecular weight is 503 g/mol. The van der Waals surface area contributed by atoms with Crippen LogP contribution in [0.3, 0.4) is 0 Å². The second-order valence-corrected chi connectivity index (χ2v) is 10.9. The van der Waals surface area contributed by atoms with Crippen LogP contribution in [0.5, 0.6) is 5.75 Å². The third kappa shape index (κ3) is 7.37. The number of hydrogen-bond donors (Lipinski definition) is 0. The van der Waals surface area contributed by atoms with Gasteiger partial charge in [0.05, 0.1) is 43.7 Å². The highest BCUT2D eigenvalue weighted by molar-refractivity contribution is 7.89. The Morgan fingerprint density at radius 1 is 1.14 bits per heavy atom. The van der Waals surface area contributed by atoms with Crippen molar-refractivity contribution < 1.29 is 28.4 Å². The molecule has 0 N–H and O–H groups in total. The molecule has 0 bridgehead atoms. The molecule has 0 spiro atoms. The van der Waals surface area contributed by atoms with Crippen molar-refractivity contribution >= 4 is 23.4 Å². The maximum absolute atomic E-state index is 13.8.